The number of nitrogens with zero attached hydrogens (tertiary/aromatic N) is 9. The summed E-state index contributed by atoms with van der Waals surface area (Å²) in [6.45, 7) is 0.223. The monoisotopic (exact) mass is 566 g/mol. The van der Waals surface area contributed by atoms with Crippen molar-refractivity contribution in [1.82, 2.24) is 38.8 Å². The van der Waals surface area contributed by atoms with E-state index < -0.39 is 16.1 Å². The van der Waals surface area contributed by atoms with E-state index in [1.54, 1.807) is 58.4 Å². The molecule has 1 fully saturated rings. The van der Waals surface area contributed by atoms with E-state index >= 15 is 0 Å². The summed E-state index contributed by atoms with van der Waals surface area (Å²) in [7, 11) is -1.87. The zero-order valence-electron chi connectivity index (χ0n) is 22.1. The highest BCUT2D eigenvalue weighted by atomic mass is 32.2. The largest absolute Gasteiger partial charge is 0.321 e. The van der Waals surface area contributed by atoms with E-state index in [0.29, 0.717) is 28.5 Å². The van der Waals surface area contributed by atoms with Gasteiger partial charge in [0.2, 0.25) is 16.0 Å². The first-order valence-corrected chi connectivity index (χ1v) is 14.5. The third kappa shape index (κ3) is 5.43. The minimum atomic E-state index is -3.69. The van der Waals surface area contributed by atoms with Gasteiger partial charge in [0.25, 0.3) is 0 Å². The molecule has 1 aliphatic heterocycles. The van der Waals surface area contributed by atoms with Gasteiger partial charge in [0.15, 0.2) is 0 Å². The van der Waals surface area contributed by atoms with E-state index in [9.17, 15) is 13.7 Å². The van der Waals surface area contributed by atoms with Gasteiger partial charge >= 0.3 is 0 Å². The molecule has 0 radical (unpaired) electrons. The second-order valence-corrected chi connectivity index (χ2v) is 11.6. The molecule has 1 aromatic carbocycles. The van der Waals surface area contributed by atoms with Gasteiger partial charge in [0.05, 0.1) is 59.8 Å². The summed E-state index contributed by atoms with van der Waals surface area (Å²) in [5.41, 5.74) is 4.13. The van der Waals surface area contributed by atoms with Crippen molar-refractivity contribution in [2.45, 2.75) is 24.3 Å². The molecule has 0 aliphatic carbocycles. The third-order valence-corrected chi connectivity index (χ3v) is 8.71. The Morgan fingerprint density at radius 3 is 2.66 bits per heavy atom. The van der Waals surface area contributed by atoms with Crippen LogP contribution in [0, 0.1) is 11.3 Å². The van der Waals surface area contributed by atoms with Gasteiger partial charge < -0.3 is 5.32 Å². The number of benzene rings is 1. The van der Waals surface area contributed by atoms with Crippen molar-refractivity contribution in [3.05, 3.63) is 103 Å². The molecule has 2 unspecified atom stereocenters. The Bertz CT molecular complexity index is 1830. The van der Waals surface area contributed by atoms with Crippen molar-refractivity contribution in [3.8, 4) is 17.3 Å². The predicted octanol–water partition coefficient (Wildman–Crippen LogP) is 3.41. The van der Waals surface area contributed by atoms with Crippen LogP contribution in [0.2, 0.25) is 0 Å². The minimum absolute atomic E-state index is 0.122. The van der Waals surface area contributed by atoms with Crippen molar-refractivity contribution >= 4 is 21.7 Å². The summed E-state index contributed by atoms with van der Waals surface area (Å²) in [6.07, 6.45) is 10.5. The van der Waals surface area contributed by atoms with Gasteiger partial charge in [-0.05, 0) is 23.3 Å². The molecule has 41 heavy (non-hydrogen) atoms. The van der Waals surface area contributed by atoms with Crippen LogP contribution >= 0.6 is 0 Å². The molecule has 5 aromatic rings. The molecule has 12 nitrogen and oxygen atoms in total. The highest BCUT2D eigenvalue weighted by molar-refractivity contribution is 7.88. The summed E-state index contributed by atoms with van der Waals surface area (Å²) in [5.74, 6) is 0.285. The topological polar surface area (TPSA) is 148 Å². The van der Waals surface area contributed by atoms with Crippen LogP contribution in [0.3, 0.4) is 0 Å². The van der Waals surface area contributed by atoms with Crippen molar-refractivity contribution in [2.75, 3.05) is 11.9 Å². The zero-order chi connectivity index (χ0) is 28.4. The molecular weight excluding hydrogens is 540 g/mol. The quantitative estimate of drug-likeness (QED) is 0.283. The first kappa shape index (κ1) is 26.3. The Labute approximate surface area is 237 Å². The summed E-state index contributed by atoms with van der Waals surface area (Å²) < 4.78 is 32.1. The highest BCUT2D eigenvalue weighted by Gasteiger charge is 2.49. The SMILES string of the molecule is Cn1cc(Nc2nccc(-c3cnn(C4CN(S(=O)(=O)Cc5ccccc5)C4c4ncccc4CC#N)c3)n2)cn1. The molecule has 0 saturated carbocycles. The maximum absolute atomic E-state index is 13.6. The predicted molar refractivity (Wildman–Crippen MR) is 151 cm³/mol. The Kier molecular flexibility index (Phi) is 7.00. The Morgan fingerprint density at radius 2 is 1.88 bits per heavy atom. The molecule has 5 heterocycles. The lowest BCUT2D eigenvalue weighted by Crippen LogP contribution is -2.54. The van der Waals surface area contributed by atoms with Crippen LogP contribution in [0.25, 0.3) is 11.3 Å². The molecule has 1 saturated heterocycles. The highest BCUT2D eigenvalue weighted by Crippen LogP contribution is 2.45. The van der Waals surface area contributed by atoms with Gasteiger partial charge in [0, 0.05) is 43.9 Å². The molecule has 0 amide bonds. The summed E-state index contributed by atoms with van der Waals surface area (Å²) >= 11 is 0. The Hall–Kier alpha value is -4.93. The Morgan fingerprint density at radius 1 is 1.02 bits per heavy atom. The third-order valence-electron chi connectivity index (χ3n) is 6.92. The smallest absolute Gasteiger partial charge is 0.227 e. The molecule has 1 aliphatic rings. The summed E-state index contributed by atoms with van der Waals surface area (Å²) in [6, 6.07) is 15.7. The van der Waals surface area contributed by atoms with Crippen LogP contribution in [-0.4, -0.2) is 53.8 Å². The maximum atomic E-state index is 13.6. The van der Waals surface area contributed by atoms with E-state index in [2.05, 4.69) is 36.5 Å². The number of aromatic nitrogens is 7. The van der Waals surface area contributed by atoms with Crippen molar-refractivity contribution in [2.24, 2.45) is 7.05 Å². The molecule has 0 bridgehead atoms. The number of hydrogen-bond acceptors (Lipinski definition) is 9. The van der Waals surface area contributed by atoms with Gasteiger partial charge in [0.1, 0.15) is 0 Å². The number of sulfonamides is 1. The molecule has 2 atom stereocenters. The van der Waals surface area contributed by atoms with Gasteiger partial charge in [-0.3, -0.25) is 14.3 Å². The van der Waals surface area contributed by atoms with Gasteiger partial charge in [-0.2, -0.15) is 19.8 Å². The molecule has 206 valence electrons. The van der Waals surface area contributed by atoms with Crippen molar-refractivity contribution in [3.63, 3.8) is 0 Å². The number of pyridine rings is 1. The van der Waals surface area contributed by atoms with Crippen LogP contribution in [0.1, 0.15) is 28.9 Å². The molecule has 4 aromatic heterocycles. The molecule has 0 spiro atoms. The van der Waals surface area contributed by atoms with E-state index in [1.807, 2.05) is 43.7 Å². The standard InChI is InChI=1S/C28H26N10O2S/c1-36-17-23(15-32-36)34-28-31-13-10-24(35-28)22-14-33-37(16-22)25-18-38(41(39,40)19-20-6-3-2-4-7-20)27(25)26-21(9-11-29)8-5-12-30-26/h2-8,10,12-17,25,27H,9,18-19H2,1H3,(H,31,34,35). The molecule has 13 heteroatoms. The van der Waals surface area contributed by atoms with Crippen LogP contribution < -0.4 is 5.32 Å². The summed E-state index contributed by atoms with van der Waals surface area (Å²) in [4.78, 5) is 13.5. The average Bonchev–Trinajstić information content (AvgIpc) is 3.59. The maximum Gasteiger partial charge on any atom is 0.227 e. The van der Waals surface area contributed by atoms with E-state index in [0.717, 1.165) is 11.3 Å². The van der Waals surface area contributed by atoms with E-state index in [4.69, 9.17) is 0 Å². The second-order valence-electron chi connectivity index (χ2n) is 9.71. The van der Waals surface area contributed by atoms with Gasteiger partial charge in [-0.1, -0.05) is 36.4 Å². The van der Waals surface area contributed by atoms with Gasteiger partial charge in [-0.25, -0.2) is 18.4 Å². The lowest BCUT2D eigenvalue weighted by Gasteiger charge is -2.46. The number of aryl methyl sites for hydroxylation is 1. The molecule has 6 rings (SSSR count). The van der Waals surface area contributed by atoms with Crippen LogP contribution in [0.4, 0.5) is 11.6 Å². The fourth-order valence-corrected chi connectivity index (χ4v) is 6.70. The van der Waals surface area contributed by atoms with Crippen LogP contribution in [-0.2, 0) is 29.2 Å². The van der Waals surface area contributed by atoms with Gasteiger partial charge in [-0.15, -0.1) is 0 Å². The fraction of sp³-hybridized carbons (Fsp3) is 0.214. The van der Waals surface area contributed by atoms with Crippen molar-refractivity contribution < 1.29 is 8.42 Å². The van der Waals surface area contributed by atoms with E-state index in [-0.39, 0.29) is 24.8 Å². The first-order chi connectivity index (χ1) is 19.9. The number of anilines is 2. The van der Waals surface area contributed by atoms with Crippen LogP contribution in [0.15, 0.2) is 85.7 Å². The van der Waals surface area contributed by atoms with Crippen molar-refractivity contribution in [1.29, 1.82) is 5.26 Å². The normalized spacial score (nSPS) is 17.1. The lowest BCUT2D eigenvalue weighted by molar-refractivity contribution is 0.0943. The number of rotatable bonds is 9. The first-order valence-electron chi connectivity index (χ1n) is 12.9. The average molecular weight is 567 g/mol. The second kappa shape index (κ2) is 10.9. The zero-order valence-corrected chi connectivity index (χ0v) is 22.9. The summed E-state index contributed by atoms with van der Waals surface area (Å²) in [5, 5.41) is 21.3. The lowest BCUT2D eigenvalue weighted by atomic mass is 9.92. The fourth-order valence-electron chi connectivity index (χ4n) is 4.95. The number of nitriles is 1. The molecular formula is C28H26N10O2S. The molecule has 1 N–H and O–H groups in total. The number of nitrogens with one attached hydrogen (secondary N) is 1. The van der Waals surface area contributed by atoms with E-state index in [1.165, 1.54) is 4.31 Å². The Balaban J connectivity index is 1.30. The van der Waals surface area contributed by atoms with Crippen LogP contribution in [0.5, 0.6) is 0 Å². The minimum Gasteiger partial charge on any atom is -0.321 e. The number of hydrogen-bond donors (Lipinski definition) is 1.